The van der Waals surface area contributed by atoms with E-state index in [0.29, 0.717) is 11.6 Å². The summed E-state index contributed by atoms with van der Waals surface area (Å²) in [5, 5.41) is 13.3. The van der Waals surface area contributed by atoms with Crippen LogP contribution in [-0.4, -0.2) is 25.8 Å². The Morgan fingerprint density at radius 3 is 2.90 bits per heavy atom. The summed E-state index contributed by atoms with van der Waals surface area (Å²) in [6.45, 7) is 6.19. The number of carbonyl (C=O) groups is 1. The summed E-state index contributed by atoms with van der Waals surface area (Å²) in [5.74, 6) is 0.119. The van der Waals surface area contributed by atoms with Gasteiger partial charge in [0.05, 0.1) is 0 Å². The lowest BCUT2D eigenvalue weighted by Gasteiger charge is -2.10. The highest BCUT2D eigenvalue weighted by Crippen LogP contribution is 2.30. The highest BCUT2D eigenvalue weighted by Gasteiger charge is 2.17. The second kappa shape index (κ2) is 6.04. The smallest absolute Gasteiger partial charge is 0.349 e. The molecule has 0 aliphatic carbocycles. The lowest BCUT2D eigenvalue weighted by atomic mass is 10.3. The molecule has 0 fully saturated rings. The molecule has 2 aromatic rings. The third-order valence-corrected chi connectivity index (χ3v) is 4.03. The zero-order valence-electron chi connectivity index (χ0n) is 11.7. The van der Waals surface area contributed by atoms with E-state index < -0.39 is 5.97 Å². The van der Waals surface area contributed by atoms with Crippen LogP contribution in [0.5, 0.6) is 5.75 Å². The molecule has 0 aromatic carbocycles. The molecule has 0 radical (unpaired) electrons. The maximum atomic E-state index is 11.2. The van der Waals surface area contributed by atoms with E-state index in [-0.39, 0.29) is 17.5 Å². The van der Waals surface area contributed by atoms with Gasteiger partial charge in [0.25, 0.3) is 0 Å². The summed E-state index contributed by atoms with van der Waals surface area (Å²) in [4.78, 5) is 16.5. The maximum absolute atomic E-state index is 11.2. The van der Waals surface area contributed by atoms with E-state index in [1.165, 1.54) is 17.7 Å². The fourth-order valence-corrected chi connectivity index (χ4v) is 2.68. The van der Waals surface area contributed by atoms with Gasteiger partial charge in [0, 0.05) is 10.9 Å². The van der Waals surface area contributed by atoms with E-state index in [1.807, 2.05) is 20.8 Å². The predicted octanol–water partition coefficient (Wildman–Crippen LogP) is 2.76. The van der Waals surface area contributed by atoms with Gasteiger partial charge in [-0.05, 0) is 26.3 Å². The average Bonchev–Trinajstić information content (AvgIpc) is 3.02. The Kier molecular flexibility index (Phi) is 4.39. The first-order valence-electron chi connectivity index (χ1n) is 6.40. The van der Waals surface area contributed by atoms with Crippen molar-refractivity contribution in [2.45, 2.75) is 39.8 Å². The van der Waals surface area contributed by atoms with Crippen molar-refractivity contribution < 1.29 is 14.6 Å². The van der Waals surface area contributed by atoms with Crippen molar-refractivity contribution in [2.24, 2.45) is 0 Å². The van der Waals surface area contributed by atoms with Crippen molar-refractivity contribution in [3.8, 4) is 5.75 Å². The number of hydrogen-bond donors (Lipinski definition) is 1. The summed E-state index contributed by atoms with van der Waals surface area (Å²) in [6.07, 6.45) is 2.26. The third-order valence-electron chi connectivity index (χ3n) is 2.78. The van der Waals surface area contributed by atoms with E-state index >= 15 is 0 Å². The van der Waals surface area contributed by atoms with Gasteiger partial charge in [-0.25, -0.2) is 14.5 Å². The minimum Gasteiger partial charge on any atom is -0.484 e. The molecule has 0 atom stereocenters. The molecular weight excluding hydrogens is 278 g/mol. The monoisotopic (exact) mass is 295 g/mol. The van der Waals surface area contributed by atoms with Crippen LogP contribution >= 0.6 is 11.3 Å². The van der Waals surface area contributed by atoms with Gasteiger partial charge in [0.15, 0.2) is 10.7 Å². The van der Waals surface area contributed by atoms with Crippen molar-refractivity contribution in [3.05, 3.63) is 28.0 Å². The fourth-order valence-electron chi connectivity index (χ4n) is 1.80. The quantitative estimate of drug-likeness (QED) is 0.886. The third kappa shape index (κ3) is 2.98. The Bertz CT molecular complexity index is 604. The fraction of sp³-hybridized carbons (Fsp3) is 0.462. The highest BCUT2D eigenvalue weighted by atomic mass is 32.1. The molecule has 0 spiro atoms. The number of aryl methyl sites for hydroxylation is 1. The number of nitrogens with zero attached hydrogens (tertiary/aromatic N) is 3. The van der Waals surface area contributed by atoms with Crippen LogP contribution in [0.1, 0.15) is 47.2 Å². The van der Waals surface area contributed by atoms with Crippen molar-refractivity contribution >= 4 is 17.3 Å². The minimum atomic E-state index is -0.963. The number of rotatable bonds is 6. The molecule has 6 nitrogen and oxygen atoms in total. The van der Waals surface area contributed by atoms with Gasteiger partial charge in [-0.3, -0.25) is 0 Å². The zero-order valence-corrected chi connectivity index (χ0v) is 12.5. The molecule has 2 aromatic heterocycles. The first-order chi connectivity index (χ1) is 9.52. The van der Waals surface area contributed by atoms with Crippen LogP contribution in [0.3, 0.4) is 0 Å². The summed E-state index contributed by atoms with van der Waals surface area (Å²) >= 11 is 1.25. The number of thiophene rings is 1. The second-order valence-corrected chi connectivity index (χ2v) is 5.70. The van der Waals surface area contributed by atoms with E-state index in [2.05, 4.69) is 10.1 Å². The number of carboxylic acids is 1. The molecule has 2 heterocycles. The normalized spacial score (nSPS) is 11.0. The first-order valence-corrected chi connectivity index (χ1v) is 7.21. The van der Waals surface area contributed by atoms with Crippen LogP contribution < -0.4 is 4.74 Å². The largest absolute Gasteiger partial charge is 0.484 e. The standard InChI is InChI=1S/C13H17N3O3S/c1-4-9-5-10(12(20-9)13(17)18)19-6-11-14-7-15-16(11)8(2)3/h5,7-8H,4,6H2,1-3H3,(H,17,18). The Balaban J connectivity index is 2.16. The van der Waals surface area contributed by atoms with Gasteiger partial charge >= 0.3 is 5.97 Å². The molecule has 0 unspecified atom stereocenters. The van der Waals surface area contributed by atoms with Gasteiger partial charge in [-0.1, -0.05) is 6.92 Å². The summed E-state index contributed by atoms with van der Waals surface area (Å²) in [5.41, 5.74) is 0. The molecule has 0 aliphatic heterocycles. The van der Waals surface area contributed by atoms with Crippen molar-refractivity contribution in [3.63, 3.8) is 0 Å². The Morgan fingerprint density at radius 2 is 2.30 bits per heavy atom. The Hall–Kier alpha value is -1.89. The molecule has 108 valence electrons. The lowest BCUT2D eigenvalue weighted by Crippen LogP contribution is -2.11. The van der Waals surface area contributed by atoms with Gasteiger partial charge in [0.2, 0.25) is 0 Å². The number of aromatic nitrogens is 3. The molecule has 0 aliphatic rings. The van der Waals surface area contributed by atoms with Crippen LogP contribution in [0.15, 0.2) is 12.4 Å². The van der Waals surface area contributed by atoms with Gasteiger partial charge in [-0.15, -0.1) is 11.3 Å². The topological polar surface area (TPSA) is 77.2 Å². The van der Waals surface area contributed by atoms with Crippen LogP contribution in [0.4, 0.5) is 0 Å². The number of hydrogen-bond acceptors (Lipinski definition) is 5. The van der Waals surface area contributed by atoms with Gasteiger partial charge in [-0.2, -0.15) is 5.10 Å². The van der Waals surface area contributed by atoms with E-state index in [9.17, 15) is 9.90 Å². The first kappa shape index (κ1) is 14.5. The molecule has 7 heteroatoms. The molecule has 0 amide bonds. The molecule has 20 heavy (non-hydrogen) atoms. The molecule has 0 saturated carbocycles. The van der Waals surface area contributed by atoms with Crippen molar-refractivity contribution in [1.82, 2.24) is 14.8 Å². The average molecular weight is 295 g/mol. The molecule has 2 rings (SSSR count). The van der Waals surface area contributed by atoms with Gasteiger partial charge < -0.3 is 9.84 Å². The predicted molar refractivity (Wildman–Crippen MR) is 75.4 cm³/mol. The van der Waals surface area contributed by atoms with Crippen molar-refractivity contribution in [1.29, 1.82) is 0 Å². The maximum Gasteiger partial charge on any atom is 0.349 e. The van der Waals surface area contributed by atoms with E-state index in [4.69, 9.17) is 4.74 Å². The highest BCUT2D eigenvalue weighted by molar-refractivity contribution is 7.14. The minimum absolute atomic E-state index is 0.184. The van der Waals surface area contributed by atoms with Crippen molar-refractivity contribution in [2.75, 3.05) is 0 Å². The SMILES string of the molecule is CCc1cc(OCc2ncnn2C(C)C)c(C(=O)O)s1. The summed E-state index contributed by atoms with van der Waals surface area (Å²) in [7, 11) is 0. The summed E-state index contributed by atoms with van der Waals surface area (Å²) < 4.78 is 7.38. The lowest BCUT2D eigenvalue weighted by molar-refractivity contribution is 0.0697. The number of aromatic carboxylic acids is 1. The Labute approximate surface area is 121 Å². The molecule has 0 bridgehead atoms. The second-order valence-electron chi connectivity index (χ2n) is 4.57. The van der Waals surface area contributed by atoms with Gasteiger partial charge in [0.1, 0.15) is 18.7 Å². The molecule has 1 N–H and O–H groups in total. The van der Waals surface area contributed by atoms with Crippen LogP contribution in [0, 0.1) is 0 Å². The number of carboxylic acid groups (broad SMARTS) is 1. The Morgan fingerprint density at radius 1 is 1.55 bits per heavy atom. The van der Waals surface area contributed by atoms with Crippen LogP contribution in [-0.2, 0) is 13.0 Å². The molecule has 0 saturated heterocycles. The van der Waals surface area contributed by atoms with E-state index in [0.717, 1.165) is 11.3 Å². The molecular formula is C13H17N3O3S. The zero-order chi connectivity index (χ0) is 14.7. The summed E-state index contributed by atoms with van der Waals surface area (Å²) in [6, 6.07) is 1.97. The number of ether oxygens (including phenoxy) is 1. The van der Waals surface area contributed by atoms with Crippen LogP contribution in [0.2, 0.25) is 0 Å². The van der Waals surface area contributed by atoms with E-state index in [1.54, 1.807) is 10.7 Å². The van der Waals surface area contributed by atoms with Crippen LogP contribution in [0.25, 0.3) is 0 Å².